The van der Waals surface area contributed by atoms with Crippen LogP contribution in [0.15, 0.2) is 18.2 Å². The van der Waals surface area contributed by atoms with Crippen LogP contribution in [-0.4, -0.2) is 30.4 Å². The third-order valence-electron chi connectivity index (χ3n) is 3.16. The molecule has 98 valence electrons. The minimum absolute atomic E-state index is 0.116. The number of hydrogen-bond acceptors (Lipinski definition) is 3. The minimum atomic E-state index is -1.00. The number of hydrogen-bond donors (Lipinski definition) is 1. The fourth-order valence-corrected chi connectivity index (χ4v) is 2.09. The molecule has 2 atom stereocenters. The number of aromatic carboxylic acids is 1. The number of ether oxygens (including phenoxy) is 2. The van der Waals surface area contributed by atoms with Crippen molar-refractivity contribution in [2.24, 2.45) is 5.92 Å². The summed E-state index contributed by atoms with van der Waals surface area (Å²) in [6.07, 6.45) is 1.19. The normalized spacial score (nSPS) is 22.3. The van der Waals surface area contributed by atoms with Crippen molar-refractivity contribution in [3.05, 3.63) is 28.8 Å². The summed E-state index contributed by atoms with van der Waals surface area (Å²) in [7, 11) is 0. The zero-order chi connectivity index (χ0) is 13.1. The van der Waals surface area contributed by atoms with Crippen LogP contribution in [0.5, 0.6) is 5.75 Å². The lowest BCUT2D eigenvalue weighted by molar-refractivity contribution is -0.131. The standard InChI is InChI=1S/C13H15ClO4/c1-2-8-6-17-12(8)7-18-11-4-3-9(13(15)16)5-10(11)14/h3-5,8,12H,2,6-7H2,1H3,(H,15,16). The van der Waals surface area contributed by atoms with Gasteiger partial charge < -0.3 is 14.6 Å². The first-order valence-electron chi connectivity index (χ1n) is 5.89. The van der Waals surface area contributed by atoms with Crippen molar-refractivity contribution in [3.8, 4) is 5.75 Å². The molecule has 1 aromatic rings. The first-order chi connectivity index (χ1) is 8.61. The summed E-state index contributed by atoms with van der Waals surface area (Å²) in [5.41, 5.74) is 0.152. The highest BCUT2D eigenvalue weighted by Gasteiger charge is 2.31. The van der Waals surface area contributed by atoms with Gasteiger partial charge in [0, 0.05) is 5.92 Å². The molecule has 1 N–H and O–H groups in total. The summed E-state index contributed by atoms with van der Waals surface area (Å²) < 4.78 is 11.0. The van der Waals surface area contributed by atoms with Crippen molar-refractivity contribution in [2.45, 2.75) is 19.4 Å². The zero-order valence-electron chi connectivity index (χ0n) is 10.1. The van der Waals surface area contributed by atoms with Crippen LogP contribution in [-0.2, 0) is 4.74 Å². The van der Waals surface area contributed by atoms with Gasteiger partial charge in [0.15, 0.2) is 0 Å². The number of carboxylic acids is 1. The maximum atomic E-state index is 10.7. The molecule has 0 saturated carbocycles. The van der Waals surface area contributed by atoms with Gasteiger partial charge >= 0.3 is 5.97 Å². The summed E-state index contributed by atoms with van der Waals surface area (Å²) in [5.74, 6) is 0.0333. The van der Waals surface area contributed by atoms with E-state index >= 15 is 0 Å². The van der Waals surface area contributed by atoms with Crippen LogP contribution in [0.1, 0.15) is 23.7 Å². The largest absolute Gasteiger partial charge is 0.489 e. The van der Waals surface area contributed by atoms with Crippen LogP contribution < -0.4 is 4.74 Å². The maximum absolute atomic E-state index is 10.7. The van der Waals surface area contributed by atoms with Crippen LogP contribution in [0.2, 0.25) is 5.02 Å². The lowest BCUT2D eigenvalue weighted by Gasteiger charge is -2.35. The summed E-state index contributed by atoms with van der Waals surface area (Å²) in [4.78, 5) is 10.7. The number of rotatable bonds is 5. The van der Waals surface area contributed by atoms with Gasteiger partial charge in [0.1, 0.15) is 12.4 Å². The maximum Gasteiger partial charge on any atom is 0.335 e. The minimum Gasteiger partial charge on any atom is -0.489 e. The highest BCUT2D eigenvalue weighted by atomic mass is 35.5. The molecule has 5 heteroatoms. The Hall–Kier alpha value is -1.26. The zero-order valence-corrected chi connectivity index (χ0v) is 10.8. The highest BCUT2D eigenvalue weighted by molar-refractivity contribution is 6.32. The van der Waals surface area contributed by atoms with Gasteiger partial charge in [-0.2, -0.15) is 0 Å². The third-order valence-corrected chi connectivity index (χ3v) is 3.45. The summed E-state index contributed by atoms with van der Waals surface area (Å²) in [6.45, 7) is 3.36. The predicted molar refractivity (Wildman–Crippen MR) is 67.4 cm³/mol. The summed E-state index contributed by atoms with van der Waals surface area (Å²) in [6, 6.07) is 4.44. The van der Waals surface area contributed by atoms with Crippen LogP contribution in [0.3, 0.4) is 0 Å². The molecule has 4 nitrogen and oxygen atoms in total. The fourth-order valence-electron chi connectivity index (χ4n) is 1.86. The molecule has 2 unspecified atom stereocenters. The number of halogens is 1. The van der Waals surface area contributed by atoms with Gasteiger partial charge in [-0.1, -0.05) is 18.5 Å². The molecule has 1 saturated heterocycles. The first kappa shape index (κ1) is 13.2. The molecule has 18 heavy (non-hydrogen) atoms. The van der Waals surface area contributed by atoms with Gasteiger partial charge in [-0.05, 0) is 24.6 Å². The second-order valence-electron chi connectivity index (χ2n) is 4.30. The summed E-state index contributed by atoms with van der Waals surface area (Å²) in [5, 5.41) is 9.12. The molecule has 0 bridgehead atoms. The van der Waals surface area contributed by atoms with Crippen LogP contribution >= 0.6 is 11.6 Å². The molecule has 1 fully saturated rings. The van der Waals surface area contributed by atoms with Crippen molar-refractivity contribution < 1.29 is 19.4 Å². The topological polar surface area (TPSA) is 55.8 Å². The monoisotopic (exact) mass is 270 g/mol. The Morgan fingerprint density at radius 2 is 2.39 bits per heavy atom. The second kappa shape index (κ2) is 5.59. The molecular weight excluding hydrogens is 256 g/mol. The molecule has 0 aliphatic carbocycles. The molecule has 1 heterocycles. The Bertz CT molecular complexity index is 445. The molecule has 0 aromatic heterocycles. The number of benzene rings is 1. The lowest BCUT2D eigenvalue weighted by atomic mass is 9.96. The smallest absolute Gasteiger partial charge is 0.335 e. The molecular formula is C13H15ClO4. The predicted octanol–water partition coefficient (Wildman–Crippen LogP) is 2.84. The molecule has 2 rings (SSSR count). The molecule has 1 aliphatic rings. The van der Waals surface area contributed by atoms with Gasteiger partial charge in [-0.3, -0.25) is 0 Å². The van der Waals surface area contributed by atoms with Crippen molar-refractivity contribution in [1.82, 2.24) is 0 Å². The quantitative estimate of drug-likeness (QED) is 0.894. The van der Waals surface area contributed by atoms with E-state index in [0.717, 1.165) is 13.0 Å². The van der Waals surface area contributed by atoms with E-state index in [4.69, 9.17) is 26.2 Å². The molecule has 1 aliphatic heterocycles. The van der Waals surface area contributed by atoms with Crippen molar-refractivity contribution in [3.63, 3.8) is 0 Å². The Morgan fingerprint density at radius 1 is 1.61 bits per heavy atom. The summed E-state index contributed by atoms with van der Waals surface area (Å²) >= 11 is 5.96. The number of carboxylic acid groups (broad SMARTS) is 1. The lowest BCUT2D eigenvalue weighted by Crippen LogP contribution is -2.43. The fraction of sp³-hybridized carbons (Fsp3) is 0.462. The van der Waals surface area contributed by atoms with Crippen molar-refractivity contribution in [1.29, 1.82) is 0 Å². The van der Waals surface area contributed by atoms with E-state index in [1.54, 1.807) is 6.07 Å². The molecule has 1 aromatic carbocycles. The Kier molecular flexibility index (Phi) is 4.09. The van der Waals surface area contributed by atoms with Crippen molar-refractivity contribution in [2.75, 3.05) is 13.2 Å². The van der Waals surface area contributed by atoms with E-state index in [2.05, 4.69) is 6.92 Å². The van der Waals surface area contributed by atoms with E-state index in [1.165, 1.54) is 12.1 Å². The van der Waals surface area contributed by atoms with E-state index < -0.39 is 5.97 Å². The highest BCUT2D eigenvalue weighted by Crippen LogP contribution is 2.28. The SMILES string of the molecule is CCC1COC1COc1ccc(C(=O)O)cc1Cl. The van der Waals surface area contributed by atoms with Gasteiger partial charge in [0.05, 0.1) is 23.3 Å². The van der Waals surface area contributed by atoms with E-state index in [1.807, 2.05) is 0 Å². The Labute approximate surface area is 110 Å². The average molecular weight is 271 g/mol. The Balaban J connectivity index is 1.95. The van der Waals surface area contributed by atoms with Crippen LogP contribution in [0.4, 0.5) is 0 Å². The Morgan fingerprint density at radius 3 is 2.89 bits per heavy atom. The van der Waals surface area contributed by atoms with E-state index in [9.17, 15) is 4.79 Å². The van der Waals surface area contributed by atoms with Crippen LogP contribution in [0, 0.1) is 5.92 Å². The molecule has 0 spiro atoms. The third kappa shape index (κ3) is 2.76. The van der Waals surface area contributed by atoms with Gasteiger partial charge in [0.2, 0.25) is 0 Å². The van der Waals surface area contributed by atoms with Gasteiger partial charge in [-0.25, -0.2) is 4.79 Å². The number of carbonyl (C=O) groups is 1. The average Bonchev–Trinajstić information content (AvgIpc) is 2.30. The molecule has 0 amide bonds. The van der Waals surface area contributed by atoms with Gasteiger partial charge in [-0.15, -0.1) is 0 Å². The van der Waals surface area contributed by atoms with Crippen molar-refractivity contribution >= 4 is 17.6 Å². The van der Waals surface area contributed by atoms with Crippen LogP contribution in [0.25, 0.3) is 0 Å². The molecule has 0 radical (unpaired) electrons. The van der Waals surface area contributed by atoms with E-state index in [0.29, 0.717) is 23.3 Å². The van der Waals surface area contributed by atoms with E-state index in [-0.39, 0.29) is 11.7 Å². The second-order valence-corrected chi connectivity index (χ2v) is 4.71. The van der Waals surface area contributed by atoms with Gasteiger partial charge in [0.25, 0.3) is 0 Å². The first-order valence-corrected chi connectivity index (χ1v) is 6.27.